The Morgan fingerprint density at radius 3 is 2.38 bits per heavy atom. The number of carbonyl (C=O) groups excluding carboxylic acids is 1. The summed E-state index contributed by atoms with van der Waals surface area (Å²) in [5.74, 6) is 0.759. The summed E-state index contributed by atoms with van der Waals surface area (Å²) in [6, 6.07) is 26.0. The van der Waals surface area contributed by atoms with Gasteiger partial charge in [-0.3, -0.25) is 9.80 Å². The average Bonchev–Trinajstić information content (AvgIpc) is 3.19. The number of hydrogen-bond donors (Lipinski definition) is 2. The third kappa shape index (κ3) is 3.97. The first-order chi connectivity index (χ1) is 15.6. The van der Waals surface area contributed by atoms with Crippen LogP contribution in [0.3, 0.4) is 0 Å². The van der Waals surface area contributed by atoms with Gasteiger partial charge in [0.15, 0.2) is 0 Å². The van der Waals surface area contributed by atoms with Crippen molar-refractivity contribution in [2.75, 3.05) is 7.11 Å². The molecule has 3 unspecified atom stereocenters. The fraction of sp³-hybridized carbons (Fsp3) is 0.192. The molecule has 2 aliphatic rings. The molecule has 0 spiro atoms. The first-order valence-electron chi connectivity index (χ1n) is 10.6. The molecule has 2 heterocycles. The van der Waals surface area contributed by atoms with Gasteiger partial charge in [0, 0.05) is 28.8 Å². The molecule has 162 valence electrons. The normalized spacial score (nSPS) is 22.2. The number of nitrogens with one attached hydrogen (secondary N) is 2. The van der Waals surface area contributed by atoms with Crippen molar-refractivity contribution in [2.45, 2.75) is 24.5 Å². The Hall–Kier alpha value is -3.28. The summed E-state index contributed by atoms with van der Waals surface area (Å²) in [5.41, 5.74) is 7.57. The third-order valence-electron chi connectivity index (χ3n) is 6.12. The minimum absolute atomic E-state index is 0.0402. The van der Waals surface area contributed by atoms with Gasteiger partial charge in [-0.15, -0.1) is 0 Å². The zero-order chi connectivity index (χ0) is 22.1. The second-order valence-corrected chi connectivity index (χ2v) is 8.52. The van der Waals surface area contributed by atoms with Crippen LogP contribution < -0.4 is 15.5 Å². The molecule has 0 saturated carbocycles. The molecule has 1 saturated heterocycles. The Morgan fingerprint density at radius 2 is 1.69 bits per heavy atom. The largest absolute Gasteiger partial charge is 0.497 e. The highest BCUT2D eigenvalue weighted by molar-refractivity contribution is 6.30. The molecule has 2 N–H and O–H groups in total. The molecular weight excluding hydrogens is 422 g/mol. The number of methoxy groups -OCH3 is 1. The summed E-state index contributed by atoms with van der Waals surface area (Å²) >= 11 is 6.16. The van der Waals surface area contributed by atoms with E-state index >= 15 is 0 Å². The maximum Gasteiger partial charge on any atom is 0.264 e. The number of nitrogens with zero attached hydrogens (tertiary/aromatic N) is 1. The van der Waals surface area contributed by atoms with Gasteiger partial charge in [-0.2, -0.15) is 0 Å². The van der Waals surface area contributed by atoms with Gasteiger partial charge < -0.3 is 10.1 Å². The van der Waals surface area contributed by atoms with Crippen molar-refractivity contribution in [2.24, 2.45) is 0 Å². The van der Waals surface area contributed by atoms with Crippen molar-refractivity contribution in [1.29, 1.82) is 0 Å². The maximum absolute atomic E-state index is 13.1. The smallest absolute Gasteiger partial charge is 0.264 e. The second kappa shape index (κ2) is 8.69. The molecule has 1 amide bonds. The van der Waals surface area contributed by atoms with Gasteiger partial charge in [0.1, 0.15) is 11.9 Å². The van der Waals surface area contributed by atoms with E-state index in [1.54, 1.807) is 18.2 Å². The molecule has 1 fully saturated rings. The molecule has 0 aliphatic carbocycles. The highest BCUT2D eigenvalue weighted by Crippen LogP contribution is 2.36. The lowest BCUT2D eigenvalue weighted by molar-refractivity contribution is -0.131. The molecule has 0 radical (unpaired) electrons. The Labute approximate surface area is 192 Å². The molecular formula is C26H24ClN3O2. The predicted molar refractivity (Wildman–Crippen MR) is 126 cm³/mol. The zero-order valence-electron chi connectivity index (χ0n) is 17.7. The summed E-state index contributed by atoms with van der Waals surface area (Å²) in [6.45, 7) is 0. The van der Waals surface area contributed by atoms with Crippen LogP contribution in [-0.2, 0) is 11.2 Å². The Balaban J connectivity index is 1.49. The molecule has 2 aliphatic heterocycles. The van der Waals surface area contributed by atoms with Crippen LogP contribution in [0.4, 0.5) is 0 Å². The minimum atomic E-state index is -0.223. The topological polar surface area (TPSA) is 53.6 Å². The summed E-state index contributed by atoms with van der Waals surface area (Å²) in [4.78, 5) is 13.1. The molecule has 0 aromatic heterocycles. The lowest BCUT2D eigenvalue weighted by atomic mass is 9.86. The second-order valence-electron chi connectivity index (χ2n) is 8.09. The van der Waals surface area contributed by atoms with Crippen LogP contribution in [0.5, 0.6) is 5.75 Å². The minimum Gasteiger partial charge on any atom is -0.497 e. The SMILES string of the molecule is COc1ccc(C2=CC(=O)N3NC(Cc4ccccc4)C(c4ccc(Cl)cc4)C3N2)cc1. The van der Waals surface area contributed by atoms with E-state index in [0.29, 0.717) is 5.02 Å². The molecule has 5 rings (SSSR count). The number of hydrazine groups is 1. The van der Waals surface area contributed by atoms with E-state index in [2.05, 4.69) is 22.9 Å². The van der Waals surface area contributed by atoms with Crippen molar-refractivity contribution in [3.63, 3.8) is 0 Å². The maximum atomic E-state index is 13.1. The van der Waals surface area contributed by atoms with Crippen LogP contribution in [0, 0.1) is 0 Å². The van der Waals surface area contributed by atoms with Gasteiger partial charge in [0.2, 0.25) is 0 Å². The van der Waals surface area contributed by atoms with Crippen molar-refractivity contribution in [3.05, 3.63) is 107 Å². The Morgan fingerprint density at radius 1 is 0.969 bits per heavy atom. The van der Waals surface area contributed by atoms with Crippen LogP contribution in [0.15, 0.2) is 84.9 Å². The standard InChI is InChI=1S/C26H24ClN3O2/c1-32-21-13-9-18(10-14-21)22-16-24(31)30-26(28-22)25(19-7-11-20(27)12-8-19)23(29-30)15-17-5-3-2-4-6-17/h2-14,16,23,25-26,28-29H,15H2,1H3. The van der Waals surface area contributed by atoms with Crippen molar-refractivity contribution in [3.8, 4) is 5.75 Å². The number of carbonyl (C=O) groups is 1. The zero-order valence-corrected chi connectivity index (χ0v) is 18.4. The van der Waals surface area contributed by atoms with E-state index in [0.717, 1.165) is 29.0 Å². The van der Waals surface area contributed by atoms with Gasteiger partial charge in [-0.1, -0.05) is 54.1 Å². The van der Waals surface area contributed by atoms with Crippen molar-refractivity contribution >= 4 is 23.2 Å². The van der Waals surface area contributed by atoms with E-state index in [4.69, 9.17) is 16.3 Å². The molecule has 32 heavy (non-hydrogen) atoms. The summed E-state index contributed by atoms with van der Waals surface area (Å²) < 4.78 is 5.27. The van der Waals surface area contributed by atoms with Crippen LogP contribution in [0.2, 0.25) is 5.02 Å². The number of fused-ring (bicyclic) bond motifs is 1. The predicted octanol–water partition coefficient (Wildman–Crippen LogP) is 4.36. The van der Waals surface area contributed by atoms with Gasteiger partial charge in [0.05, 0.1) is 7.11 Å². The van der Waals surface area contributed by atoms with E-state index < -0.39 is 0 Å². The van der Waals surface area contributed by atoms with Gasteiger partial charge >= 0.3 is 0 Å². The molecule has 3 aromatic rings. The van der Waals surface area contributed by atoms with E-state index in [-0.39, 0.29) is 24.0 Å². The summed E-state index contributed by atoms with van der Waals surface area (Å²) in [5, 5.41) is 6.03. The van der Waals surface area contributed by atoms with Crippen molar-refractivity contribution < 1.29 is 9.53 Å². The lowest BCUT2D eigenvalue weighted by Gasteiger charge is -2.33. The molecule has 3 atom stereocenters. The van der Waals surface area contributed by atoms with Crippen LogP contribution in [-0.4, -0.2) is 30.2 Å². The molecule has 0 bridgehead atoms. The number of hydrogen-bond acceptors (Lipinski definition) is 4. The van der Waals surface area contributed by atoms with Crippen LogP contribution in [0.25, 0.3) is 5.70 Å². The lowest BCUT2D eigenvalue weighted by Crippen LogP contribution is -2.52. The Bertz CT molecular complexity index is 1130. The van der Waals surface area contributed by atoms with Crippen LogP contribution in [0.1, 0.15) is 22.6 Å². The summed E-state index contributed by atoms with van der Waals surface area (Å²) in [6.07, 6.45) is 2.22. The van der Waals surface area contributed by atoms with Gasteiger partial charge in [-0.25, -0.2) is 5.43 Å². The fourth-order valence-electron chi connectivity index (χ4n) is 4.55. The molecule has 6 heteroatoms. The number of amides is 1. The number of halogens is 1. The third-order valence-corrected chi connectivity index (χ3v) is 6.37. The summed E-state index contributed by atoms with van der Waals surface area (Å²) in [7, 11) is 1.64. The first-order valence-corrected chi connectivity index (χ1v) is 11.0. The molecule has 3 aromatic carbocycles. The monoisotopic (exact) mass is 445 g/mol. The molecule has 5 nitrogen and oxygen atoms in total. The van der Waals surface area contributed by atoms with E-state index in [9.17, 15) is 4.79 Å². The fourth-order valence-corrected chi connectivity index (χ4v) is 4.67. The quantitative estimate of drug-likeness (QED) is 0.612. The highest BCUT2D eigenvalue weighted by atomic mass is 35.5. The van der Waals surface area contributed by atoms with Gasteiger partial charge in [-0.05, 0) is 59.5 Å². The highest BCUT2D eigenvalue weighted by Gasteiger charge is 2.46. The van der Waals surface area contributed by atoms with Crippen molar-refractivity contribution in [1.82, 2.24) is 15.8 Å². The average molecular weight is 446 g/mol. The van der Waals surface area contributed by atoms with E-state index in [1.165, 1.54) is 5.56 Å². The van der Waals surface area contributed by atoms with Gasteiger partial charge in [0.25, 0.3) is 5.91 Å². The number of rotatable bonds is 5. The van der Waals surface area contributed by atoms with Crippen LogP contribution >= 0.6 is 11.6 Å². The Kier molecular flexibility index (Phi) is 5.60. The number of benzene rings is 3. The number of ether oxygens (including phenoxy) is 1. The first kappa shape index (κ1) is 20.6. The van der Waals surface area contributed by atoms with E-state index in [1.807, 2.05) is 66.7 Å².